The van der Waals surface area contributed by atoms with Crippen molar-refractivity contribution in [3.05, 3.63) is 0 Å². The summed E-state index contributed by atoms with van der Waals surface area (Å²) in [6.45, 7) is 3.18. The Morgan fingerprint density at radius 3 is 2.86 bits per heavy atom. The van der Waals surface area contributed by atoms with Gasteiger partial charge < -0.3 is 10.4 Å². The molecule has 14 heavy (non-hydrogen) atoms. The molecule has 1 aliphatic heterocycles. The average molecular weight is 198 g/mol. The number of β-amino-alcohol motifs (C(OH)–C–C–N with tert-alkyl or cyclic N) is 1. The molecule has 2 aliphatic rings. The molecule has 3 atom stereocenters. The molecule has 3 nitrogen and oxygen atoms in total. The van der Waals surface area contributed by atoms with Gasteiger partial charge in [-0.05, 0) is 45.2 Å². The first-order chi connectivity index (χ1) is 6.79. The summed E-state index contributed by atoms with van der Waals surface area (Å²) in [6.07, 6.45) is 4.94. The summed E-state index contributed by atoms with van der Waals surface area (Å²) < 4.78 is 0. The summed E-state index contributed by atoms with van der Waals surface area (Å²) in [5.41, 5.74) is 0. The van der Waals surface area contributed by atoms with Crippen LogP contribution in [0, 0.1) is 5.92 Å². The zero-order valence-electron chi connectivity index (χ0n) is 9.08. The van der Waals surface area contributed by atoms with E-state index in [1.807, 2.05) is 7.05 Å². The van der Waals surface area contributed by atoms with E-state index in [9.17, 15) is 5.11 Å². The van der Waals surface area contributed by atoms with E-state index in [-0.39, 0.29) is 6.10 Å². The Balaban J connectivity index is 1.78. The van der Waals surface area contributed by atoms with E-state index < -0.39 is 0 Å². The van der Waals surface area contributed by atoms with Crippen molar-refractivity contribution in [1.29, 1.82) is 0 Å². The van der Waals surface area contributed by atoms with E-state index in [0.29, 0.717) is 0 Å². The molecule has 2 N–H and O–H groups in total. The summed E-state index contributed by atoms with van der Waals surface area (Å²) in [5, 5.41) is 12.7. The first-order valence-corrected chi connectivity index (χ1v) is 5.86. The predicted molar refractivity (Wildman–Crippen MR) is 57.3 cm³/mol. The van der Waals surface area contributed by atoms with Crippen LogP contribution in [0.1, 0.15) is 25.7 Å². The van der Waals surface area contributed by atoms with Crippen LogP contribution in [0.3, 0.4) is 0 Å². The van der Waals surface area contributed by atoms with E-state index in [1.54, 1.807) is 0 Å². The van der Waals surface area contributed by atoms with Crippen LogP contribution in [0.25, 0.3) is 0 Å². The molecule has 0 radical (unpaired) electrons. The Hall–Kier alpha value is -0.120. The molecule has 0 aromatic rings. The lowest BCUT2D eigenvalue weighted by molar-refractivity contribution is 0.158. The Kier molecular flexibility index (Phi) is 3.42. The second-order valence-electron chi connectivity index (χ2n) is 4.83. The molecule has 1 heterocycles. The van der Waals surface area contributed by atoms with Gasteiger partial charge in [0.15, 0.2) is 0 Å². The van der Waals surface area contributed by atoms with Crippen molar-refractivity contribution < 1.29 is 5.11 Å². The minimum atomic E-state index is -0.0571. The number of hydrogen-bond acceptors (Lipinski definition) is 3. The van der Waals surface area contributed by atoms with Crippen molar-refractivity contribution in [3.8, 4) is 0 Å². The van der Waals surface area contributed by atoms with Crippen LogP contribution < -0.4 is 5.32 Å². The molecule has 1 aliphatic carbocycles. The molecule has 0 amide bonds. The van der Waals surface area contributed by atoms with Crippen molar-refractivity contribution in [2.45, 2.75) is 37.8 Å². The van der Waals surface area contributed by atoms with Crippen LogP contribution in [0.4, 0.5) is 0 Å². The SMILES string of the molecule is CNCC1CCC(N2CCC(O)C2)C1. The van der Waals surface area contributed by atoms with Crippen molar-refractivity contribution in [1.82, 2.24) is 10.2 Å². The summed E-state index contributed by atoms with van der Waals surface area (Å²) >= 11 is 0. The Bertz CT molecular complexity index is 186. The van der Waals surface area contributed by atoms with Crippen LogP contribution in [-0.4, -0.2) is 48.8 Å². The van der Waals surface area contributed by atoms with Gasteiger partial charge in [0.2, 0.25) is 0 Å². The Morgan fingerprint density at radius 2 is 2.21 bits per heavy atom. The lowest BCUT2D eigenvalue weighted by atomic mass is 10.1. The van der Waals surface area contributed by atoms with Gasteiger partial charge in [-0.2, -0.15) is 0 Å². The van der Waals surface area contributed by atoms with Gasteiger partial charge >= 0.3 is 0 Å². The highest BCUT2D eigenvalue weighted by atomic mass is 16.3. The third kappa shape index (κ3) is 2.27. The number of nitrogens with one attached hydrogen (secondary N) is 1. The van der Waals surface area contributed by atoms with Crippen LogP contribution in [0.2, 0.25) is 0 Å². The Morgan fingerprint density at radius 1 is 1.36 bits per heavy atom. The predicted octanol–water partition coefficient (Wildman–Crippen LogP) is 0.441. The van der Waals surface area contributed by atoms with Gasteiger partial charge in [-0.1, -0.05) is 0 Å². The molecule has 2 fully saturated rings. The number of likely N-dealkylation sites (tertiary alicyclic amines) is 1. The number of nitrogens with zero attached hydrogens (tertiary/aromatic N) is 1. The molecule has 1 saturated heterocycles. The van der Waals surface area contributed by atoms with Crippen molar-refractivity contribution >= 4 is 0 Å². The minimum absolute atomic E-state index is 0.0571. The van der Waals surface area contributed by atoms with Gasteiger partial charge in [-0.25, -0.2) is 0 Å². The Labute approximate surface area is 86.5 Å². The summed E-state index contributed by atoms with van der Waals surface area (Å²) in [6, 6.07) is 0.755. The zero-order valence-corrected chi connectivity index (χ0v) is 9.08. The maximum absolute atomic E-state index is 9.48. The van der Waals surface area contributed by atoms with Crippen LogP contribution >= 0.6 is 0 Å². The fourth-order valence-corrected chi connectivity index (χ4v) is 2.95. The highest BCUT2D eigenvalue weighted by molar-refractivity contribution is 4.87. The van der Waals surface area contributed by atoms with E-state index in [4.69, 9.17) is 0 Å². The largest absolute Gasteiger partial charge is 0.392 e. The van der Waals surface area contributed by atoms with Crippen molar-refractivity contribution in [2.75, 3.05) is 26.7 Å². The van der Waals surface area contributed by atoms with Crippen molar-refractivity contribution in [2.24, 2.45) is 5.92 Å². The van der Waals surface area contributed by atoms with Crippen LogP contribution in [0.5, 0.6) is 0 Å². The summed E-state index contributed by atoms with van der Waals surface area (Å²) in [5.74, 6) is 0.864. The van der Waals surface area contributed by atoms with Gasteiger partial charge in [-0.15, -0.1) is 0 Å². The van der Waals surface area contributed by atoms with Gasteiger partial charge in [0.05, 0.1) is 6.10 Å². The molecule has 2 rings (SSSR count). The number of rotatable bonds is 3. The third-order valence-electron chi connectivity index (χ3n) is 3.72. The molecule has 0 bridgehead atoms. The third-order valence-corrected chi connectivity index (χ3v) is 3.72. The molecule has 0 aromatic carbocycles. The molecule has 82 valence electrons. The fraction of sp³-hybridized carbons (Fsp3) is 1.00. The van der Waals surface area contributed by atoms with Crippen LogP contribution in [0.15, 0.2) is 0 Å². The first kappa shape index (κ1) is 10.4. The monoisotopic (exact) mass is 198 g/mol. The van der Waals surface area contributed by atoms with Gasteiger partial charge in [0.25, 0.3) is 0 Å². The molecule has 3 heteroatoms. The number of aliphatic hydroxyl groups excluding tert-OH is 1. The van der Waals surface area contributed by atoms with Gasteiger partial charge in [-0.3, -0.25) is 4.90 Å². The number of aliphatic hydroxyl groups is 1. The first-order valence-electron chi connectivity index (χ1n) is 5.86. The maximum atomic E-state index is 9.48. The van der Waals surface area contributed by atoms with E-state index >= 15 is 0 Å². The van der Waals surface area contributed by atoms with E-state index in [2.05, 4.69) is 10.2 Å². The lowest BCUT2D eigenvalue weighted by Gasteiger charge is -2.23. The molecule has 0 aromatic heterocycles. The molecular formula is C11H22N2O. The van der Waals surface area contributed by atoms with Crippen molar-refractivity contribution in [3.63, 3.8) is 0 Å². The normalized spacial score (nSPS) is 39.4. The second kappa shape index (κ2) is 4.60. The molecule has 0 spiro atoms. The smallest absolute Gasteiger partial charge is 0.0679 e. The average Bonchev–Trinajstić information content (AvgIpc) is 2.74. The highest BCUT2D eigenvalue weighted by Gasteiger charge is 2.32. The van der Waals surface area contributed by atoms with Gasteiger partial charge in [0.1, 0.15) is 0 Å². The minimum Gasteiger partial charge on any atom is -0.392 e. The molecule has 3 unspecified atom stereocenters. The van der Waals surface area contributed by atoms with E-state index in [0.717, 1.165) is 38.0 Å². The quantitative estimate of drug-likeness (QED) is 0.691. The lowest BCUT2D eigenvalue weighted by Crippen LogP contribution is -2.32. The summed E-state index contributed by atoms with van der Waals surface area (Å²) in [4.78, 5) is 2.49. The fourth-order valence-electron chi connectivity index (χ4n) is 2.95. The zero-order chi connectivity index (χ0) is 9.97. The van der Waals surface area contributed by atoms with E-state index in [1.165, 1.54) is 19.3 Å². The standard InChI is InChI=1S/C11H22N2O/c1-12-7-9-2-3-10(6-9)13-5-4-11(14)8-13/h9-12,14H,2-8H2,1H3. The number of hydrogen-bond donors (Lipinski definition) is 2. The second-order valence-corrected chi connectivity index (χ2v) is 4.83. The molecular weight excluding hydrogens is 176 g/mol. The van der Waals surface area contributed by atoms with Crippen LogP contribution in [-0.2, 0) is 0 Å². The molecule has 1 saturated carbocycles. The highest BCUT2D eigenvalue weighted by Crippen LogP contribution is 2.30. The summed E-state index contributed by atoms with van der Waals surface area (Å²) in [7, 11) is 2.03. The maximum Gasteiger partial charge on any atom is 0.0679 e. The topological polar surface area (TPSA) is 35.5 Å². The van der Waals surface area contributed by atoms with Gasteiger partial charge in [0, 0.05) is 19.1 Å².